The van der Waals surface area contributed by atoms with E-state index in [0.29, 0.717) is 30.3 Å². The van der Waals surface area contributed by atoms with E-state index in [1.807, 2.05) is 0 Å². The zero-order valence-corrected chi connectivity index (χ0v) is 21.5. The summed E-state index contributed by atoms with van der Waals surface area (Å²) in [7, 11) is 0. The van der Waals surface area contributed by atoms with E-state index in [1.54, 1.807) is 0 Å². The third-order valence-electron chi connectivity index (χ3n) is 9.39. The third-order valence-corrected chi connectivity index (χ3v) is 9.39. The Morgan fingerprint density at radius 2 is 1.82 bits per heavy atom. The summed E-state index contributed by atoms with van der Waals surface area (Å²) in [5.41, 5.74) is 2.94. The molecule has 0 aromatic rings. The number of aliphatic hydroxyl groups is 3. The molecule has 6 atom stereocenters. The van der Waals surface area contributed by atoms with Gasteiger partial charge in [0.25, 0.3) is 0 Å². The average molecular weight is 461 g/mol. The topological polar surface area (TPSA) is 69.9 Å². The number of ether oxygens (including phenoxy) is 1. The first-order chi connectivity index (χ1) is 15.6. The number of hydrogen-bond acceptors (Lipinski definition) is 4. The first kappa shape index (κ1) is 26.7. The van der Waals surface area contributed by atoms with Gasteiger partial charge in [0.2, 0.25) is 0 Å². The highest BCUT2D eigenvalue weighted by atomic mass is 16.5. The van der Waals surface area contributed by atoms with Crippen LogP contribution in [0.4, 0.5) is 0 Å². The Hall–Kier alpha value is -0.940. The first-order valence-electron chi connectivity index (χ1n) is 13.4. The van der Waals surface area contributed by atoms with E-state index in [4.69, 9.17) is 4.74 Å². The van der Waals surface area contributed by atoms with Crippen LogP contribution < -0.4 is 0 Å². The molecular weight excluding hydrogens is 412 g/mol. The van der Waals surface area contributed by atoms with Gasteiger partial charge in [0.05, 0.1) is 23.9 Å². The van der Waals surface area contributed by atoms with Gasteiger partial charge in [0, 0.05) is 6.61 Å². The SMILES string of the molecule is C=C1[C@H](O)CC(=CC=C2CCCC3(C)C2CCC3[C@@H](C)OCCCC(O)(CC)CC)C[C@H]1O. The normalized spacial score (nSPS) is 35.1. The molecule has 0 bridgehead atoms. The van der Waals surface area contributed by atoms with Crippen molar-refractivity contribution in [3.05, 3.63) is 35.5 Å². The predicted molar refractivity (Wildman–Crippen MR) is 135 cm³/mol. The molecule has 33 heavy (non-hydrogen) atoms. The summed E-state index contributed by atoms with van der Waals surface area (Å²) >= 11 is 0. The minimum atomic E-state index is -0.630. The highest BCUT2D eigenvalue weighted by molar-refractivity contribution is 5.29. The minimum Gasteiger partial charge on any atom is -0.390 e. The standard InChI is InChI=1S/C29H48O4/c1-6-29(32,7-2)16-9-17-33-21(4)24-13-14-25-23(10-8-15-28(24,25)5)12-11-22-18-26(30)20(3)27(31)19-22/h11-12,21,24-27,30-32H,3,6-10,13-19H2,1-2,4-5H3/t21-,24?,25?,26-,27-,28?/m1/s1. The average Bonchev–Trinajstić information content (AvgIpc) is 3.16. The van der Waals surface area contributed by atoms with E-state index < -0.39 is 17.8 Å². The summed E-state index contributed by atoms with van der Waals surface area (Å²) < 4.78 is 6.34. The van der Waals surface area contributed by atoms with E-state index >= 15 is 0 Å². The highest BCUT2D eigenvalue weighted by Crippen LogP contribution is 2.58. The summed E-state index contributed by atoms with van der Waals surface area (Å²) in [6.45, 7) is 13.4. The van der Waals surface area contributed by atoms with Crippen LogP contribution in [-0.2, 0) is 4.74 Å². The summed E-state index contributed by atoms with van der Waals surface area (Å²) in [6.07, 6.45) is 14.0. The van der Waals surface area contributed by atoms with Crippen molar-refractivity contribution in [3.8, 4) is 0 Å². The quantitative estimate of drug-likeness (QED) is 0.298. The monoisotopic (exact) mass is 460 g/mol. The Kier molecular flexibility index (Phi) is 9.05. The van der Waals surface area contributed by atoms with Crippen molar-refractivity contribution >= 4 is 0 Å². The number of rotatable bonds is 9. The fourth-order valence-electron chi connectivity index (χ4n) is 6.87. The summed E-state index contributed by atoms with van der Waals surface area (Å²) in [4.78, 5) is 0. The van der Waals surface area contributed by atoms with Crippen molar-refractivity contribution < 1.29 is 20.1 Å². The molecule has 0 spiro atoms. The zero-order valence-electron chi connectivity index (χ0n) is 21.5. The third kappa shape index (κ3) is 6.01. The number of allylic oxidation sites excluding steroid dienone is 3. The number of aliphatic hydroxyl groups excluding tert-OH is 2. The Morgan fingerprint density at radius 3 is 2.45 bits per heavy atom. The number of hydrogen-bond donors (Lipinski definition) is 3. The van der Waals surface area contributed by atoms with Crippen LogP contribution in [0.3, 0.4) is 0 Å². The Balaban J connectivity index is 1.60. The van der Waals surface area contributed by atoms with Crippen molar-refractivity contribution in [1.29, 1.82) is 0 Å². The van der Waals surface area contributed by atoms with Gasteiger partial charge in [-0.05, 0) is 100 Å². The van der Waals surface area contributed by atoms with Gasteiger partial charge in [-0.2, -0.15) is 0 Å². The molecule has 0 aromatic heterocycles. The van der Waals surface area contributed by atoms with Crippen molar-refractivity contribution in [3.63, 3.8) is 0 Å². The molecule has 3 unspecified atom stereocenters. The molecule has 188 valence electrons. The molecule has 3 saturated carbocycles. The van der Waals surface area contributed by atoms with Crippen LogP contribution >= 0.6 is 0 Å². The highest BCUT2D eigenvalue weighted by Gasteiger charge is 2.51. The minimum absolute atomic E-state index is 0.240. The van der Waals surface area contributed by atoms with Crippen LogP contribution in [-0.4, -0.2) is 45.8 Å². The molecule has 3 aliphatic rings. The molecule has 0 heterocycles. The van der Waals surface area contributed by atoms with Gasteiger partial charge in [-0.1, -0.05) is 50.6 Å². The lowest BCUT2D eigenvalue weighted by Crippen LogP contribution is -2.39. The van der Waals surface area contributed by atoms with Gasteiger partial charge in [-0.25, -0.2) is 0 Å². The fraction of sp³-hybridized carbons (Fsp3) is 0.793. The first-order valence-corrected chi connectivity index (χ1v) is 13.4. The van der Waals surface area contributed by atoms with E-state index in [0.717, 1.165) is 44.3 Å². The molecule has 3 aliphatic carbocycles. The van der Waals surface area contributed by atoms with Gasteiger partial charge < -0.3 is 20.1 Å². The van der Waals surface area contributed by atoms with Gasteiger partial charge in [-0.3, -0.25) is 0 Å². The fourth-order valence-corrected chi connectivity index (χ4v) is 6.87. The van der Waals surface area contributed by atoms with E-state index in [1.165, 1.54) is 31.3 Å². The van der Waals surface area contributed by atoms with Crippen molar-refractivity contribution in [2.45, 2.75) is 122 Å². The van der Waals surface area contributed by atoms with Gasteiger partial charge >= 0.3 is 0 Å². The molecule has 0 saturated heterocycles. The lowest BCUT2D eigenvalue weighted by atomic mass is 9.62. The molecule has 0 radical (unpaired) electrons. The molecule has 0 aliphatic heterocycles. The van der Waals surface area contributed by atoms with Crippen LogP contribution in [0, 0.1) is 17.3 Å². The van der Waals surface area contributed by atoms with Crippen LogP contribution in [0.5, 0.6) is 0 Å². The Labute approximate surface area is 201 Å². The van der Waals surface area contributed by atoms with E-state index in [2.05, 4.69) is 46.4 Å². The van der Waals surface area contributed by atoms with E-state index in [-0.39, 0.29) is 11.5 Å². The summed E-state index contributed by atoms with van der Waals surface area (Å²) in [6, 6.07) is 0. The molecule has 0 aromatic carbocycles. The van der Waals surface area contributed by atoms with Crippen LogP contribution in [0.25, 0.3) is 0 Å². The van der Waals surface area contributed by atoms with Crippen LogP contribution in [0.1, 0.15) is 98.3 Å². The predicted octanol–water partition coefficient (Wildman–Crippen LogP) is 5.86. The molecule has 4 heteroatoms. The summed E-state index contributed by atoms with van der Waals surface area (Å²) in [5.74, 6) is 1.16. The Morgan fingerprint density at radius 1 is 1.15 bits per heavy atom. The lowest BCUT2D eigenvalue weighted by Gasteiger charge is -2.44. The van der Waals surface area contributed by atoms with Crippen molar-refractivity contribution in [1.82, 2.24) is 0 Å². The van der Waals surface area contributed by atoms with Crippen LogP contribution in [0.2, 0.25) is 0 Å². The largest absolute Gasteiger partial charge is 0.390 e. The van der Waals surface area contributed by atoms with Gasteiger partial charge in [0.1, 0.15) is 0 Å². The maximum absolute atomic E-state index is 10.5. The molecule has 3 rings (SSSR count). The van der Waals surface area contributed by atoms with E-state index in [9.17, 15) is 15.3 Å². The second-order valence-corrected chi connectivity index (χ2v) is 11.3. The lowest BCUT2D eigenvalue weighted by molar-refractivity contribution is -0.0365. The molecule has 4 nitrogen and oxygen atoms in total. The number of fused-ring (bicyclic) bond motifs is 1. The van der Waals surface area contributed by atoms with Gasteiger partial charge in [0.15, 0.2) is 0 Å². The zero-order chi connectivity index (χ0) is 24.2. The van der Waals surface area contributed by atoms with Crippen LogP contribution in [0.15, 0.2) is 35.5 Å². The molecule has 3 N–H and O–H groups in total. The second-order valence-electron chi connectivity index (χ2n) is 11.3. The smallest absolute Gasteiger partial charge is 0.0809 e. The molecular formula is C29H48O4. The van der Waals surface area contributed by atoms with Gasteiger partial charge in [-0.15, -0.1) is 0 Å². The maximum Gasteiger partial charge on any atom is 0.0809 e. The second kappa shape index (κ2) is 11.2. The molecule has 3 fully saturated rings. The maximum atomic E-state index is 10.5. The van der Waals surface area contributed by atoms with Crippen molar-refractivity contribution in [2.75, 3.05) is 6.61 Å². The molecule has 0 amide bonds. The summed E-state index contributed by atoms with van der Waals surface area (Å²) in [5, 5.41) is 30.8. The Bertz CT molecular complexity index is 718. The van der Waals surface area contributed by atoms with Crippen molar-refractivity contribution in [2.24, 2.45) is 17.3 Å².